The van der Waals surface area contributed by atoms with Gasteiger partial charge in [0, 0.05) is 18.6 Å². The Labute approximate surface area is 91.6 Å². The number of hydrogen-bond acceptors (Lipinski definition) is 4. The van der Waals surface area contributed by atoms with E-state index in [0.717, 1.165) is 16.8 Å². The molecule has 0 amide bonds. The van der Waals surface area contributed by atoms with Crippen LogP contribution < -0.4 is 0 Å². The molecular weight excluding hydrogens is 202 g/mol. The third-order valence-corrected chi connectivity index (χ3v) is 2.28. The van der Waals surface area contributed by atoms with E-state index in [-0.39, 0.29) is 0 Å². The van der Waals surface area contributed by atoms with Gasteiger partial charge < -0.3 is 4.98 Å². The summed E-state index contributed by atoms with van der Waals surface area (Å²) in [5, 5.41) is 0. The third-order valence-electron chi connectivity index (χ3n) is 2.28. The summed E-state index contributed by atoms with van der Waals surface area (Å²) in [6, 6.07) is 2.01. The second kappa shape index (κ2) is 3.37. The second-order valence-corrected chi connectivity index (χ2v) is 3.56. The van der Waals surface area contributed by atoms with E-state index in [9.17, 15) is 0 Å². The molecule has 0 fully saturated rings. The molecule has 3 aromatic rings. The zero-order chi connectivity index (χ0) is 11.0. The first kappa shape index (κ1) is 8.96. The number of pyridine rings is 1. The lowest BCUT2D eigenvalue weighted by Crippen LogP contribution is -1.85. The molecule has 5 nitrogen and oxygen atoms in total. The SMILES string of the molecule is Cc1cnc2nc(-c3cnccn3)[nH]c2c1. The van der Waals surface area contributed by atoms with E-state index in [2.05, 4.69) is 24.9 Å². The van der Waals surface area contributed by atoms with Gasteiger partial charge in [0.1, 0.15) is 5.69 Å². The Morgan fingerprint density at radius 3 is 2.88 bits per heavy atom. The largest absolute Gasteiger partial charge is 0.335 e. The molecule has 0 saturated heterocycles. The summed E-state index contributed by atoms with van der Waals surface area (Å²) >= 11 is 0. The van der Waals surface area contributed by atoms with Crippen molar-refractivity contribution in [1.82, 2.24) is 24.9 Å². The van der Waals surface area contributed by atoms with Gasteiger partial charge in [0.05, 0.1) is 11.7 Å². The highest BCUT2D eigenvalue weighted by molar-refractivity contribution is 5.75. The van der Waals surface area contributed by atoms with E-state index in [1.165, 1.54) is 0 Å². The Morgan fingerprint density at radius 2 is 2.06 bits per heavy atom. The molecule has 16 heavy (non-hydrogen) atoms. The van der Waals surface area contributed by atoms with Gasteiger partial charge in [-0.05, 0) is 18.6 Å². The van der Waals surface area contributed by atoms with E-state index in [0.29, 0.717) is 11.5 Å². The molecule has 0 aliphatic heterocycles. The van der Waals surface area contributed by atoms with Crippen LogP contribution in [0.3, 0.4) is 0 Å². The number of fused-ring (bicyclic) bond motifs is 1. The van der Waals surface area contributed by atoms with Gasteiger partial charge in [-0.2, -0.15) is 0 Å². The zero-order valence-corrected chi connectivity index (χ0v) is 8.68. The topological polar surface area (TPSA) is 67.3 Å². The molecule has 0 saturated carbocycles. The van der Waals surface area contributed by atoms with Crippen LogP contribution in [0.15, 0.2) is 30.9 Å². The number of nitrogens with one attached hydrogen (secondary N) is 1. The summed E-state index contributed by atoms with van der Waals surface area (Å²) in [4.78, 5) is 20.0. The maximum atomic E-state index is 4.35. The van der Waals surface area contributed by atoms with Crippen molar-refractivity contribution >= 4 is 11.2 Å². The molecule has 0 aliphatic carbocycles. The van der Waals surface area contributed by atoms with E-state index in [1.807, 2.05) is 13.0 Å². The van der Waals surface area contributed by atoms with Gasteiger partial charge in [-0.15, -0.1) is 0 Å². The number of aromatic nitrogens is 5. The van der Waals surface area contributed by atoms with Gasteiger partial charge in [-0.1, -0.05) is 0 Å². The van der Waals surface area contributed by atoms with Gasteiger partial charge in [-0.25, -0.2) is 15.0 Å². The number of hydrogen-bond donors (Lipinski definition) is 1. The Hall–Kier alpha value is -2.30. The van der Waals surface area contributed by atoms with Crippen LogP contribution in [0.4, 0.5) is 0 Å². The molecule has 3 aromatic heterocycles. The van der Waals surface area contributed by atoms with Crippen molar-refractivity contribution in [2.45, 2.75) is 6.92 Å². The van der Waals surface area contributed by atoms with Gasteiger partial charge in [0.25, 0.3) is 0 Å². The standard InChI is InChI=1S/C11H9N5/c1-7-4-8-10(14-5-7)16-11(15-8)9-6-12-2-3-13-9/h2-6H,1H3,(H,14,15,16). The summed E-state index contributed by atoms with van der Waals surface area (Å²) in [6.07, 6.45) is 6.74. The van der Waals surface area contributed by atoms with Crippen LogP contribution in [0.1, 0.15) is 5.56 Å². The summed E-state index contributed by atoms with van der Waals surface area (Å²) in [7, 11) is 0. The van der Waals surface area contributed by atoms with Crippen LogP contribution in [0.25, 0.3) is 22.7 Å². The number of rotatable bonds is 1. The molecule has 0 unspecified atom stereocenters. The lowest BCUT2D eigenvalue weighted by Gasteiger charge is -1.91. The minimum Gasteiger partial charge on any atom is -0.335 e. The third kappa shape index (κ3) is 1.42. The highest BCUT2D eigenvalue weighted by atomic mass is 15.0. The van der Waals surface area contributed by atoms with Crippen molar-refractivity contribution < 1.29 is 0 Å². The second-order valence-electron chi connectivity index (χ2n) is 3.56. The van der Waals surface area contributed by atoms with Crippen LogP contribution in [0.2, 0.25) is 0 Å². The fraction of sp³-hybridized carbons (Fsp3) is 0.0909. The number of aryl methyl sites for hydroxylation is 1. The van der Waals surface area contributed by atoms with Crippen LogP contribution in [-0.2, 0) is 0 Å². The van der Waals surface area contributed by atoms with Crippen molar-refractivity contribution in [1.29, 1.82) is 0 Å². The summed E-state index contributed by atoms with van der Waals surface area (Å²) in [5.41, 5.74) is 3.44. The average molecular weight is 211 g/mol. The molecule has 3 rings (SSSR count). The van der Waals surface area contributed by atoms with Crippen LogP contribution in [-0.4, -0.2) is 24.9 Å². The summed E-state index contributed by atoms with van der Waals surface area (Å²) < 4.78 is 0. The first-order chi connectivity index (χ1) is 7.83. The molecule has 0 radical (unpaired) electrons. The summed E-state index contributed by atoms with van der Waals surface area (Å²) in [5.74, 6) is 0.696. The van der Waals surface area contributed by atoms with Crippen molar-refractivity contribution in [2.24, 2.45) is 0 Å². The lowest BCUT2D eigenvalue weighted by atomic mass is 10.3. The zero-order valence-electron chi connectivity index (χ0n) is 8.68. The smallest absolute Gasteiger partial charge is 0.178 e. The first-order valence-corrected chi connectivity index (χ1v) is 4.92. The predicted octanol–water partition coefficient (Wildman–Crippen LogP) is 1.72. The van der Waals surface area contributed by atoms with Crippen molar-refractivity contribution in [3.63, 3.8) is 0 Å². The van der Waals surface area contributed by atoms with E-state index < -0.39 is 0 Å². The quantitative estimate of drug-likeness (QED) is 0.665. The lowest BCUT2D eigenvalue weighted by molar-refractivity contribution is 1.16. The Balaban J connectivity index is 2.19. The Morgan fingerprint density at radius 1 is 1.12 bits per heavy atom. The minimum absolute atomic E-state index is 0.696. The molecule has 0 spiro atoms. The Kier molecular flexibility index (Phi) is 1.89. The molecule has 0 aliphatic rings. The van der Waals surface area contributed by atoms with Gasteiger partial charge >= 0.3 is 0 Å². The molecule has 0 bridgehead atoms. The van der Waals surface area contributed by atoms with Gasteiger partial charge in [0.15, 0.2) is 11.5 Å². The van der Waals surface area contributed by atoms with Crippen LogP contribution >= 0.6 is 0 Å². The van der Waals surface area contributed by atoms with Crippen LogP contribution in [0, 0.1) is 6.92 Å². The fourth-order valence-corrected chi connectivity index (χ4v) is 1.55. The molecule has 78 valence electrons. The number of aromatic amines is 1. The highest BCUT2D eigenvalue weighted by Crippen LogP contribution is 2.16. The fourth-order valence-electron chi connectivity index (χ4n) is 1.55. The minimum atomic E-state index is 0.696. The van der Waals surface area contributed by atoms with Crippen molar-refractivity contribution in [3.8, 4) is 11.5 Å². The molecule has 3 heterocycles. The average Bonchev–Trinajstić information content (AvgIpc) is 2.73. The maximum Gasteiger partial charge on any atom is 0.178 e. The van der Waals surface area contributed by atoms with E-state index in [1.54, 1.807) is 24.8 Å². The van der Waals surface area contributed by atoms with Gasteiger partial charge in [-0.3, -0.25) is 4.98 Å². The number of H-pyrrole nitrogens is 1. The summed E-state index contributed by atoms with van der Waals surface area (Å²) in [6.45, 7) is 2.00. The van der Waals surface area contributed by atoms with Crippen LogP contribution in [0.5, 0.6) is 0 Å². The number of imidazole rings is 1. The first-order valence-electron chi connectivity index (χ1n) is 4.92. The molecule has 0 atom stereocenters. The molecule has 1 N–H and O–H groups in total. The Bertz CT molecular complexity index is 629. The maximum absolute atomic E-state index is 4.35. The monoisotopic (exact) mass is 211 g/mol. The number of nitrogens with zero attached hydrogens (tertiary/aromatic N) is 4. The normalized spacial score (nSPS) is 10.8. The molecular formula is C11H9N5. The molecule has 0 aromatic carbocycles. The van der Waals surface area contributed by atoms with E-state index in [4.69, 9.17) is 0 Å². The van der Waals surface area contributed by atoms with Gasteiger partial charge in [0.2, 0.25) is 0 Å². The van der Waals surface area contributed by atoms with Crippen molar-refractivity contribution in [2.75, 3.05) is 0 Å². The van der Waals surface area contributed by atoms with E-state index >= 15 is 0 Å². The predicted molar refractivity (Wildman–Crippen MR) is 59.7 cm³/mol. The molecule has 5 heteroatoms. The van der Waals surface area contributed by atoms with Crippen molar-refractivity contribution in [3.05, 3.63) is 36.4 Å². The highest BCUT2D eigenvalue weighted by Gasteiger charge is 2.06.